The molecule has 1 fully saturated rings. The normalized spacial score (nSPS) is 19.8. The summed E-state index contributed by atoms with van der Waals surface area (Å²) in [6.07, 6.45) is -0.533. The lowest BCUT2D eigenvalue weighted by Crippen LogP contribution is -2.59. The fourth-order valence-electron chi connectivity index (χ4n) is 4.69. The minimum Gasteiger partial charge on any atom is -0.394 e. The van der Waals surface area contributed by atoms with Crippen molar-refractivity contribution in [2.75, 3.05) is 13.2 Å². The number of carbonyl (C=O) groups excluding carboxylic acids is 1. The number of amides is 2. The fourth-order valence-corrected chi connectivity index (χ4v) is 4.69. The third kappa shape index (κ3) is 5.18. The maximum absolute atomic E-state index is 14.1. The van der Waals surface area contributed by atoms with Crippen LogP contribution in [0, 0.1) is 17.5 Å². The van der Waals surface area contributed by atoms with E-state index in [0.717, 1.165) is 11.6 Å². The fraction of sp³-hybridized carbons (Fsp3) is 0.296. The number of hydrogen-bond acceptors (Lipinski definition) is 3. The molecule has 3 atom stereocenters. The zero-order valence-corrected chi connectivity index (χ0v) is 19.2. The smallest absolute Gasteiger partial charge is 0.318 e. The van der Waals surface area contributed by atoms with Gasteiger partial charge in [-0.3, -0.25) is 0 Å². The Labute approximate surface area is 201 Å². The van der Waals surface area contributed by atoms with Crippen molar-refractivity contribution in [3.8, 4) is 11.1 Å². The number of nitrogens with zero attached hydrogens (tertiary/aromatic N) is 1. The molecule has 0 spiro atoms. The number of aliphatic hydroxyl groups is 2. The SMILES string of the molecule is C[C@@H](c1ccc(-c2ccc(F)cc2F)cc1)N1CC[C@](CC(O)CO)(c2ccc(F)cc2)NC1=O. The molecular weight excluding hydrogens is 457 g/mol. The molecule has 3 N–H and O–H groups in total. The Kier molecular flexibility index (Phi) is 7.14. The van der Waals surface area contributed by atoms with E-state index in [-0.39, 0.29) is 24.1 Å². The molecule has 1 heterocycles. The van der Waals surface area contributed by atoms with E-state index in [4.69, 9.17) is 0 Å². The molecule has 0 bridgehead atoms. The summed E-state index contributed by atoms with van der Waals surface area (Å²) in [6.45, 7) is 1.78. The van der Waals surface area contributed by atoms with Crippen LogP contribution in [0.5, 0.6) is 0 Å². The Morgan fingerprint density at radius 3 is 2.26 bits per heavy atom. The van der Waals surface area contributed by atoms with Crippen LogP contribution in [-0.2, 0) is 5.54 Å². The van der Waals surface area contributed by atoms with Crippen LogP contribution in [0.2, 0.25) is 0 Å². The highest BCUT2D eigenvalue weighted by Gasteiger charge is 2.42. The van der Waals surface area contributed by atoms with Crippen molar-refractivity contribution in [2.24, 2.45) is 0 Å². The van der Waals surface area contributed by atoms with Gasteiger partial charge >= 0.3 is 6.03 Å². The van der Waals surface area contributed by atoms with E-state index in [1.54, 1.807) is 41.3 Å². The Balaban J connectivity index is 1.53. The number of urea groups is 1. The molecule has 0 saturated carbocycles. The molecular formula is C27H27F3N2O3. The van der Waals surface area contributed by atoms with Crippen molar-refractivity contribution < 1.29 is 28.2 Å². The predicted molar refractivity (Wildman–Crippen MR) is 126 cm³/mol. The Bertz CT molecular complexity index is 1190. The highest BCUT2D eigenvalue weighted by molar-refractivity contribution is 5.77. The Morgan fingerprint density at radius 1 is 1.00 bits per heavy atom. The molecule has 4 rings (SSSR count). The highest BCUT2D eigenvalue weighted by Crippen LogP contribution is 2.36. The second-order valence-corrected chi connectivity index (χ2v) is 8.93. The van der Waals surface area contributed by atoms with Crippen LogP contribution in [0.1, 0.15) is 36.9 Å². The van der Waals surface area contributed by atoms with Crippen LogP contribution in [0.25, 0.3) is 11.1 Å². The van der Waals surface area contributed by atoms with Crippen molar-refractivity contribution in [3.63, 3.8) is 0 Å². The number of carbonyl (C=O) groups is 1. The van der Waals surface area contributed by atoms with Gasteiger partial charge in [0, 0.05) is 24.6 Å². The largest absolute Gasteiger partial charge is 0.394 e. The zero-order valence-electron chi connectivity index (χ0n) is 19.2. The average Bonchev–Trinajstić information content (AvgIpc) is 2.84. The highest BCUT2D eigenvalue weighted by atomic mass is 19.1. The van der Waals surface area contributed by atoms with Gasteiger partial charge in [0.15, 0.2) is 0 Å². The molecule has 0 radical (unpaired) electrons. The summed E-state index contributed by atoms with van der Waals surface area (Å²) in [4.78, 5) is 14.9. The van der Waals surface area contributed by atoms with Gasteiger partial charge < -0.3 is 20.4 Å². The number of benzene rings is 3. The monoisotopic (exact) mass is 484 g/mol. The summed E-state index contributed by atoms with van der Waals surface area (Å²) in [7, 11) is 0. The summed E-state index contributed by atoms with van der Waals surface area (Å²) in [5.41, 5.74) is 1.41. The topological polar surface area (TPSA) is 72.8 Å². The summed E-state index contributed by atoms with van der Waals surface area (Å²) in [5, 5.41) is 22.5. The zero-order chi connectivity index (χ0) is 25.2. The minimum atomic E-state index is -1.05. The molecule has 0 aromatic heterocycles. The van der Waals surface area contributed by atoms with Crippen molar-refractivity contribution in [1.82, 2.24) is 10.2 Å². The number of hydrogen-bond donors (Lipinski definition) is 3. The molecule has 1 aliphatic rings. The molecule has 1 aliphatic heterocycles. The van der Waals surface area contributed by atoms with Crippen molar-refractivity contribution >= 4 is 6.03 Å². The van der Waals surface area contributed by atoms with Crippen LogP contribution < -0.4 is 5.32 Å². The minimum absolute atomic E-state index is 0.0843. The van der Waals surface area contributed by atoms with Crippen LogP contribution >= 0.6 is 0 Å². The third-order valence-corrected chi connectivity index (χ3v) is 6.68. The number of aliphatic hydroxyl groups excluding tert-OH is 2. The average molecular weight is 485 g/mol. The first-order valence-electron chi connectivity index (χ1n) is 11.4. The molecule has 3 aromatic rings. The molecule has 184 valence electrons. The predicted octanol–water partition coefficient (Wildman–Crippen LogP) is 4.89. The second kappa shape index (κ2) is 10.1. The second-order valence-electron chi connectivity index (χ2n) is 8.93. The number of halogens is 3. The summed E-state index contributed by atoms with van der Waals surface area (Å²) in [5.74, 6) is -1.70. The molecule has 1 saturated heterocycles. The molecule has 0 aliphatic carbocycles. The van der Waals surface area contributed by atoms with Crippen LogP contribution in [0.3, 0.4) is 0 Å². The standard InChI is InChI=1S/C27H27F3N2O3/c1-17(18-2-4-19(5-3-18)24-11-10-22(29)14-25(24)30)32-13-12-27(31-26(32)35,15-23(34)16-33)20-6-8-21(28)9-7-20/h2-11,14,17,23,33-34H,12-13,15-16H2,1H3,(H,31,35)/t17-,23?,27-/m0/s1. The maximum Gasteiger partial charge on any atom is 0.318 e. The van der Waals surface area contributed by atoms with E-state index in [1.165, 1.54) is 24.3 Å². The van der Waals surface area contributed by atoms with E-state index < -0.39 is 35.7 Å². The quantitative estimate of drug-likeness (QED) is 0.447. The maximum atomic E-state index is 14.1. The molecule has 2 amide bonds. The van der Waals surface area contributed by atoms with E-state index in [9.17, 15) is 28.2 Å². The Hall–Kier alpha value is -3.36. The first-order valence-corrected chi connectivity index (χ1v) is 11.4. The van der Waals surface area contributed by atoms with Gasteiger partial charge in [-0.05, 0) is 54.3 Å². The van der Waals surface area contributed by atoms with E-state index in [0.29, 0.717) is 24.1 Å². The first-order chi connectivity index (χ1) is 16.7. The van der Waals surface area contributed by atoms with Gasteiger partial charge in [-0.15, -0.1) is 0 Å². The van der Waals surface area contributed by atoms with Crippen molar-refractivity contribution in [3.05, 3.63) is 95.3 Å². The van der Waals surface area contributed by atoms with Gasteiger partial charge in [-0.1, -0.05) is 36.4 Å². The lowest BCUT2D eigenvalue weighted by Gasteiger charge is -2.45. The van der Waals surface area contributed by atoms with Gasteiger partial charge in [-0.2, -0.15) is 0 Å². The Morgan fingerprint density at radius 2 is 1.66 bits per heavy atom. The molecule has 3 aromatic carbocycles. The van der Waals surface area contributed by atoms with Crippen LogP contribution in [0.15, 0.2) is 66.7 Å². The first kappa shape index (κ1) is 24.8. The summed E-state index contributed by atoms with van der Waals surface area (Å²) in [6, 6.07) is 15.6. The summed E-state index contributed by atoms with van der Waals surface area (Å²) < 4.78 is 40.8. The lowest BCUT2D eigenvalue weighted by molar-refractivity contribution is 0.0441. The molecule has 5 nitrogen and oxygen atoms in total. The molecule has 8 heteroatoms. The van der Waals surface area contributed by atoms with E-state index in [2.05, 4.69) is 5.32 Å². The van der Waals surface area contributed by atoms with Crippen LogP contribution in [0.4, 0.5) is 18.0 Å². The van der Waals surface area contributed by atoms with Gasteiger partial charge in [0.05, 0.1) is 24.3 Å². The van der Waals surface area contributed by atoms with E-state index in [1.807, 2.05) is 6.92 Å². The van der Waals surface area contributed by atoms with Gasteiger partial charge in [0.2, 0.25) is 0 Å². The number of rotatable bonds is 7. The van der Waals surface area contributed by atoms with Crippen LogP contribution in [-0.4, -0.2) is 40.4 Å². The molecule has 35 heavy (non-hydrogen) atoms. The molecule has 1 unspecified atom stereocenters. The van der Waals surface area contributed by atoms with Gasteiger partial charge in [0.1, 0.15) is 17.5 Å². The van der Waals surface area contributed by atoms with Crippen molar-refractivity contribution in [1.29, 1.82) is 0 Å². The summed E-state index contributed by atoms with van der Waals surface area (Å²) >= 11 is 0. The van der Waals surface area contributed by atoms with Gasteiger partial charge in [-0.25, -0.2) is 18.0 Å². The van der Waals surface area contributed by atoms with Gasteiger partial charge in [0.25, 0.3) is 0 Å². The van der Waals surface area contributed by atoms with Crippen molar-refractivity contribution in [2.45, 2.75) is 37.5 Å². The van der Waals surface area contributed by atoms with E-state index >= 15 is 0 Å². The lowest BCUT2D eigenvalue weighted by atomic mass is 9.80. The number of nitrogens with one attached hydrogen (secondary N) is 1. The third-order valence-electron chi connectivity index (χ3n) is 6.68.